The first kappa shape index (κ1) is 21.3. The zero-order chi connectivity index (χ0) is 20.2. The maximum absolute atomic E-state index is 12.1. The van der Waals surface area contributed by atoms with Crippen molar-refractivity contribution in [3.05, 3.63) is 54.1 Å². The molecule has 150 valence electrons. The lowest BCUT2D eigenvalue weighted by atomic mass is 10.2. The van der Waals surface area contributed by atoms with Crippen molar-refractivity contribution >= 4 is 23.2 Å². The third-order valence-corrected chi connectivity index (χ3v) is 4.04. The summed E-state index contributed by atoms with van der Waals surface area (Å²) in [5, 5.41) is 8.71. The quantitative estimate of drug-likeness (QED) is 0.511. The second-order valence-electron chi connectivity index (χ2n) is 6.46. The molecule has 0 saturated carbocycles. The molecule has 2 aromatic rings. The van der Waals surface area contributed by atoms with Gasteiger partial charge in [-0.25, -0.2) is 0 Å². The summed E-state index contributed by atoms with van der Waals surface area (Å²) in [7, 11) is 0. The van der Waals surface area contributed by atoms with E-state index in [9.17, 15) is 9.59 Å². The van der Waals surface area contributed by atoms with Crippen LogP contribution in [0.5, 0.6) is 5.75 Å². The summed E-state index contributed by atoms with van der Waals surface area (Å²) in [6.07, 6.45) is 3.02. The van der Waals surface area contributed by atoms with Gasteiger partial charge < -0.3 is 20.7 Å². The highest BCUT2D eigenvalue weighted by Crippen LogP contribution is 2.16. The van der Waals surface area contributed by atoms with Crippen LogP contribution in [0.3, 0.4) is 0 Å². The lowest BCUT2D eigenvalue weighted by molar-refractivity contribution is -0.114. The number of rotatable bonds is 11. The number of benzene rings is 2. The molecule has 6 nitrogen and oxygen atoms in total. The largest absolute Gasteiger partial charge is 0.494 e. The summed E-state index contributed by atoms with van der Waals surface area (Å²) in [5.74, 6) is 0.557. The maximum atomic E-state index is 12.1. The number of carbonyl (C=O) groups excluding carboxylic acids is 2. The van der Waals surface area contributed by atoms with E-state index in [0.717, 1.165) is 30.7 Å². The lowest BCUT2D eigenvalue weighted by Crippen LogP contribution is -2.24. The van der Waals surface area contributed by atoms with Crippen LogP contribution in [-0.2, 0) is 4.79 Å². The Morgan fingerprint density at radius 1 is 0.893 bits per heavy atom. The van der Waals surface area contributed by atoms with Crippen molar-refractivity contribution in [3.63, 3.8) is 0 Å². The average Bonchev–Trinajstić information content (AvgIpc) is 2.72. The minimum atomic E-state index is -0.161. The number of hydrogen-bond acceptors (Lipinski definition) is 4. The summed E-state index contributed by atoms with van der Waals surface area (Å²) in [6, 6.07) is 14.4. The van der Waals surface area contributed by atoms with Crippen LogP contribution >= 0.6 is 0 Å². The first-order valence-electron chi connectivity index (χ1n) is 9.77. The molecule has 0 aromatic heterocycles. The molecule has 0 aliphatic rings. The SMILES string of the molecule is CCCCOc1ccc(NCC(=O)Nc2ccc(C(=O)NCCC)cc2)cc1. The Morgan fingerprint density at radius 2 is 1.57 bits per heavy atom. The van der Waals surface area contributed by atoms with E-state index >= 15 is 0 Å². The Labute approximate surface area is 166 Å². The molecule has 28 heavy (non-hydrogen) atoms. The second kappa shape index (κ2) is 11.6. The van der Waals surface area contributed by atoms with E-state index < -0.39 is 0 Å². The van der Waals surface area contributed by atoms with E-state index in [-0.39, 0.29) is 18.4 Å². The van der Waals surface area contributed by atoms with Crippen LogP contribution in [0.1, 0.15) is 43.5 Å². The van der Waals surface area contributed by atoms with Crippen molar-refractivity contribution in [2.75, 3.05) is 30.3 Å². The van der Waals surface area contributed by atoms with Gasteiger partial charge in [0.05, 0.1) is 13.2 Å². The van der Waals surface area contributed by atoms with Gasteiger partial charge in [0.25, 0.3) is 5.91 Å². The van der Waals surface area contributed by atoms with Crippen molar-refractivity contribution in [1.29, 1.82) is 0 Å². The smallest absolute Gasteiger partial charge is 0.251 e. The van der Waals surface area contributed by atoms with Crippen molar-refractivity contribution < 1.29 is 14.3 Å². The molecule has 0 aliphatic heterocycles. The fraction of sp³-hybridized carbons (Fsp3) is 0.364. The molecule has 0 saturated heterocycles. The second-order valence-corrected chi connectivity index (χ2v) is 6.46. The van der Waals surface area contributed by atoms with E-state index in [0.29, 0.717) is 24.4 Å². The van der Waals surface area contributed by atoms with Crippen LogP contribution in [-0.4, -0.2) is 31.5 Å². The Balaban J connectivity index is 1.76. The summed E-state index contributed by atoms with van der Waals surface area (Å²) in [6.45, 7) is 5.64. The number of hydrogen-bond donors (Lipinski definition) is 3. The predicted octanol–water partition coefficient (Wildman–Crippen LogP) is 4.06. The highest BCUT2D eigenvalue weighted by atomic mass is 16.5. The van der Waals surface area contributed by atoms with E-state index in [1.54, 1.807) is 24.3 Å². The molecule has 2 aromatic carbocycles. The van der Waals surface area contributed by atoms with Crippen molar-refractivity contribution in [1.82, 2.24) is 5.32 Å². The average molecular weight is 383 g/mol. The number of anilines is 2. The van der Waals surface area contributed by atoms with Crippen LogP contribution in [0.2, 0.25) is 0 Å². The molecule has 0 aliphatic carbocycles. The Hall–Kier alpha value is -3.02. The fourth-order valence-corrected chi connectivity index (χ4v) is 2.44. The fourth-order valence-electron chi connectivity index (χ4n) is 2.44. The first-order valence-corrected chi connectivity index (χ1v) is 9.77. The van der Waals surface area contributed by atoms with Crippen molar-refractivity contribution in [2.24, 2.45) is 0 Å². The van der Waals surface area contributed by atoms with E-state index in [1.807, 2.05) is 31.2 Å². The van der Waals surface area contributed by atoms with E-state index in [4.69, 9.17) is 4.74 Å². The molecule has 0 radical (unpaired) electrons. The predicted molar refractivity (Wildman–Crippen MR) is 113 cm³/mol. The summed E-state index contributed by atoms with van der Waals surface area (Å²) >= 11 is 0. The molecular formula is C22H29N3O3. The molecule has 2 amide bonds. The monoisotopic (exact) mass is 383 g/mol. The topological polar surface area (TPSA) is 79.5 Å². The molecule has 3 N–H and O–H groups in total. The van der Waals surface area contributed by atoms with Gasteiger partial charge >= 0.3 is 0 Å². The lowest BCUT2D eigenvalue weighted by Gasteiger charge is -2.10. The number of ether oxygens (including phenoxy) is 1. The third-order valence-electron chi connectivity index (χ3n) is 4.04. The Morgan fingerprint density at radius 3 is 2.21 bits per heavy atom. The van der Waals surface area contributed by atoms with Gasteiger partial charge in [0, 0.05) is 23.5 Å². The van der Waals surface area contributed by atoms with Gasteiger partial charge in [0.15, 0.2) is 0 Å². The molecule has 6 heteroatoms. The van der Waals surface area contributed by atoms with Gasteiger partial charge in [0.1, 0.15) is 5.75 Å². The molecule has 0 bridgehead atoms. The van der Waals surface area contributed by atoms with Crippen LogP contribution < -0.4 is 20.7 Å². The molecule has 0 heterocycles. The van der Waals surface area contributed by atoms with Gasteiger partial charge in [0.2, 0.25) is 5.91 Å². The molecular weight excluding hydrogens is 354 g/mol. The Bertz CT molecular complexity index is 743. The van der Waals surface area contributed by atoms with Gasteiger partial charge in [-0.3, -0.25) is 9.59 Å². The standard InChI is InChI=1S/C22H29N3O3/c1-3-5-15-28-20-12-10-18(11-13-20)24-16-21(26)25-19-8-6-17(7-9-19)22(27)23-14-4-2/h6-13,24H,3-5,14-16H2,1-2H3,(H,23,27)(H,25,26). The Kier molecular flexibility index (Phi) is 8.85. The highest BCUT2D eigenvalue weighted by molar-refractivity contribution is 5.96. The molecule has 0 unspecified atom stereocenters. The molecule has 0 fully saturated rings. The minimum absolute atomic E-state index is 0.108. The van der Waals surface area contributed by atoms with E-state index in [2.05, 4.69) is 22.9 Å². The van der Waals surface area contributed by atoms with Crippen molar-refractivity contribution in [3.8, 4) is 5.75 Å². The van der Waals surface area contributed by atoms with Gasteiger partial charge in [-0.05, 0) is 61.4 Å². The third kappa shape index (κ3) is 7.31. The number of unbranched alkanes of at least 4 members (excludes halogenated alkanes) is 1. The maximum Gasteiger partial charge on any atom is 0.251 e. The highest BCUT2D eigenvalue weighted by Gasteiger charge is 2.06. The summed E-state index contributed by atoms with van der Waals surface area (Å²) in [4.78, 5) is 24.0. The zero-order valence-electron chi connectivity index (χ0n) is 16.6. The van der Waals surface area contributed by atoms with Crippen LogP contribution in [0.25, 0.3) is 0 Å². The van der Waals surface area contributed by atoms with Gasteiger partial charge in [-0.1, -0.05) is 20.3 Å². The van der Waals surface area contributed by atoms with Gasteiger partial charge in [-0.15, -0.1) is 0 Å². The van der Waals surface area contributed by atoms with E-state index in [1.165, 1.54) is 0 Å². The van der Waals surface area contributed by atoms with Crippen LogP contribution in [0.4, 0.5) is 11.4 Å². The molecule has 0 spiro atoms. The number of carbonyl (C=O) groups is 2. The minimum Gasteiger partial charge on any atom is -0.494 e. The molecule has 0 atom stereocenters. The van der Waals surface area contributed by atoms with Gasteiger partial charge in [-0.2, -0.15) is 0 Å². The van der Waals surface area contributed by atoms with Crippen molar-refractivity contribution in [2.45, 2.75) is 33.1 Å². The molecule has 2 rings (SSSR count). The van der Waals surface area contributed by atoms with Crippen LogP contribution in [0.15, 0.2) is 48.5 Å². The van der Waals surface area contributed by atoms with Crippen LogP contribution in [0, 0.1) is 0 Å². The normalized spacial score (nSPS) is 10.2. The first-order chi connectivity index (χ1) is 13.6. The summed E-state index contributed by atoms with van der Waals surface area (Å²) in [5.41, 5.74) is 2.07. The number of nitrogens with one attached hydrogen (secondary N) is 3. The number of amides is 2. The summed E-state index contributed by atoms with van der Waals surface area (Å²) < 4.78 is 5.62. The zero-order valence-corrected chi connectivity index (χ0v) is 16.6.